The van der Waals surface area contributed by atoms with E-state index in [4.69, 9.17) is 0 Å². The van der Waals surface area contributed by atoms with Crippen molar-refractivity contribution in [2.75, 3.05) is 27.2 Å². The highest BCUT2D eigenvalue weighted by molar-refractivity contribution is 5.97. The molecule has 28 heavy (non-hydrogen) atoms. The van der Waals surface area contributed by atoms with E-state index in [1.807, 2.05) is 18.2 Å². The number of carbonyl (C=O) groups excluding carboxylic acids is 3. The minimum atomic E-state index is -0.498. The van der Waals surface area contributed by atoms with E-state index in [9.17, 15) is 14.4 Å². The molecular weight excluding hydrogens is 354 g/mol. The predicted octanol–water partition coefficient (Wildman–Crippen LogP) is 2.45. The highest BCUT2D eigenvalue weighted by Gasteiger charge is 2.43. The van der Waals surface area contributed by atoms with Crippen molar-refractivity contribution >= 4 is 17.7 Å². The van der Waals surface area contributed by atoms with Crippen LogP contribution in [0.5, 0.6) is 0 Å². The second kappa shape index (κ2) is 8.76. The lowest BCUT2D eigenvalue weighted by molar-refractivity contribution is -0.139. The fourth-order valence-corrected chi connectivity index (χ4v) is 4.56. The molecule has 3 amide bonds. The van der Waals surface area contributed by atoms with Crippen molar-refractivity contribution in [2.24, 2.45) is 5.41 Å². The lowest BCUT2D eigenvalue weighted by Gasteiger charge is -2.36. The smallest absolute Gasteiger partial charge is 0.254 e. The summed E-state index contributed by atoms with van der Waals surface area (Å²) in [5.74, 6) is -0.145. The Morgan fingerprint density at radius 2 is 1.75 bits per heavy atom. The highest BCUT2D eigenvalue weighted by Crippen LogP contribution is 2.39. The molecule has 1 aliphatic heterocycles. The van der Waals surface area contributed by atoms with Crippen molar-refractivity contribution in [1.82, 2.24) is 15.1 Å². The first kappa shape index (κ1) is 20.4. The van der Waals surface area contributed by atoms with Gasteiger partial charge in [-0.25, -0.2) is 0 Å². The molecule has 1 heterocycles. The number of hydrogen-bond donors (Lipinski definition) is 1. The average molecular weight is 386 g/mol. The van der Waals surface area contributed by atoms with Gasteiger partial charge in [0.1, 0.15) is 6.04 Å². The van der Waals surface area contributed by atoms with Crippen LogP contribution in [0.1, 0.15) is 55.3 Å². The molecule has 6 nitrogen and oxygen atoms in total. The minimum Gasteiger partial charge on any atom is -0.353 e. The highest BCUT2D eigenvalue weighted by atomic mass is 16.2. The summed E-state index contributed by atoms with van der Waals surface area (Å²) >= 11 is 0. The third-order valence-corrected chi connectivity index (χ3v) is 6.11. The van der Waals surface area contributed by atoms with E-state index in [1.54, 1.807) is 36.0 Å². The van der Waals surface area contributed by atoms with E-state index in [-0.39, 0.29) is 17.7 Å². The third-order valence-electron chi connectivity index (χ3n) is 6.11. The molecule has 2 fully saturated rings. The van der Waals surface area contributed by atoms with Gasteiger partial charge in [-0.1, -0.05) is 31.0 Å². The average Bonchev–Trinajstić information content (AvgIpc) is 3.21. The summed E-state index contributed by atoms with van der Waals surface area (Å²) in [4.78, 5) is 42.0. The van der Waals surface area contributed by atoms with Crippen LogP contribution in [0.4, 0.5) is 0 Å². The lowest BCUT2D eigenvalue weighted by Crippen LogP contribution is -2.54. The first-order valence-corrected chi connectivity index (χ1v) is 10.3. The number of rotatable bonds is 5. The van der Waals surface area contributed by atoms with Gasteiger partial charge in [-0.15, -0.1) is 0 Å². The van der Waals surface area contributed by atoms with E-state index >= 15 is 0 Å². The van der Waals surface area contributed by atoms with Gasteiger partial charge in [-0.3, -0.25) is 14.4 Å². The molecule has 1 N–H and O–H groups in total. The zero-order valence-corrected chi connectivity index (χ0v) is 16.9. The summed E-state index contributed by atoms with van der Waals surface area (Å²) in [6.07, 6.45) is 6.14. The van der Waals surface area contributed by atoms with E-state index in [0.717, 1.165) is 38.5 Å². The van der Waals surface area contributed by atoms with Crippen LogP contribution in [0.2, 0.25) is 0 Å². The lowest BCUT2D eigenvalue weighted by atomic mass is 9.84. The van der Waals surface area contributed by atoms with E-state index in [0.29, 0.717) is 25.1 Å². The molecule has 1 aromatic carbocycles. The molecule has 1 aliphatic carbocycles. The Bertz CT molecular complexity index is 711. The fourth-order valence-electron chi connectivity index (χ4n) is 4.56. The third kappa shape index (κ3) is 4.21. The maximum absolute atomic E-state index is 13.0. The molecular formula is C22H31N3O3. The summed E-state index contributed by atoms with van der Waals surface area (Å²) in [5, 5.41) is 3.03. The molecule has 0 radical (unpaired) electrons. The largest absolute Gasteiger partial charge is 0.353 e. The molecule has 1 saturated heterocycles. The summed E-state index contributed by atoms with van der Waals surface area (Å²) in [5.41, 5.74) is 0.111. The van der Waals surface area contributed by atoms with E-state index in [2.05, 4.69) is 5.32 Å². The zero-order valence-electron chi connectivity index (χ0n) is 16.9. The maximum Gasteiger partial charge on any atom is 0.254 e. The van der Waals surface area contributed by atoms with E-state index in [1.165, 1.54) is 0 Å². The number of amides is 3. The molecule has 1 aromatic rings. The Morgan fingerprint density at radius 3 is 2.39 bits per heavy atom. The molecule has 1 unspecified atom stereocenters. The van der Waals surface area contributed by atoms with E-state index < -0.39 is 11.5 Å². The van der Waals surface area contributed by atoms with Crippen LogP contribution in [-0.4, -0.2) is 60.7 Å². The molecule has 0 bridgehead atoms. The Morgan fingerprint density at radius 1 is 1.07 bits per heavy atom. The van der Waals surface area contributed by atoms with Gasteiger partial charge in [-0.2, -0.15) is 0 Å². The second-order valence-corrected chi connectivity index (χ2v) is 8.28. The van der Waals surface area contributed by atoms with Crippen molar-refractivity contribution in [2.45, 2.75) is 51.0 Å². The molecule has 0 spiro atoms. The number of piperidine rings is 1. The van der Waals surface area contributed by atoms with Gasteiger partial charge in [0.05, 0.1) is 5.41 Å². The monoisotopic (exact) mass is 385 g/mol. The quantitative estimate of drug-likeness (QED) is 0.846. The van der Waals surface area contributed by atoms with Crippen LogP contribution in [0, 0.1) is 5.41 Å². The van der Waals surface area contributed by atoms with Gasteiger partial charge >= 0.3 is 0 Å². The van der Waals surface area contributed by atoms with Gasteiger partial charge < -0.3 is 15.1 Å². The topological polar surface area (TPSA) is 69.7 Å². The predicted molar refractivity (Wildman–Crippen MR) is 108 cm³/mol. The standard InChI is InChI=1S/C22H31N3O3/c1-24(2)21(28)22(13-7-8-14-22)16-23-19(26)18-12-6-9-15-25(18)20(27)17-10-4-3-5-11-17/h3-5,10-11,18H,6-9,12-16H2,1-2H3,(H,23,26). The Kier molecular flexibility index (Phi) is 6.37. The molecule has 0 aromatic heterocycles. The number of carbonyl (C=O) groups is 3. The number of hydrogen-bond acceptors (Lipinski definition) is 3. The van der Waals surface area contributed by atoms with Gasteiger partial charge in [0.15, 0.2) is 0 Å². The van der Waals surface area contributed by atoms with Crippen molar-refractivity contribution in [3.05, 3.63) is 35.9 Å². The molecule has 1 atom stereocenters. The van der Waals surface area contributed by atoms with Gasteiger partial charge in [0.2, 0.25) is 11.8 Å². The molecule has 2 aliphatic rings. The summed E-state index contributed by atoms with van der Waals surface area (Å²) < 4.78 is 0. The second-order valence-electron chi connectivity index (χ2n) is 8.28. The van der Waals surface area contributed by atoms with Crippen LogP contribution in [0.15, 0.2) is 30.3 Å². The van der Waals surface area contributed by atoms with Crippen LogP contribution in [0.25, 0.3) is 0 Å². The maximum atomic E-state index is 13.0. The first-order chi connectivity index (χ1) is 13.4. The van der Waals surface area contributed by atoms with Crippen molar-refractivity contribution in [3.8, 4) is 0 Å². The SMILES string of the molecule is CN(C)C(=O)C1(CNC(=O)C2CCCCN2C(=O)c2ccccc2)CCCC1. The number of benzene rings is 1. The van der Waals surface area contributed by atoms with Gasteiger partial charge in [0, 0.05) is 32.7 Å². The zero-order chi connectivity index (χ0) is 20.1. The minimum absolute atomic E-state index is 0.0890. The van der Waals surface area contributed by atoms with Crippen LogP contribution < -0.4 is 5.32 Å². The van der Waals surface area contributed by atoms with Gasteiger partial charge in [-0.05, 0) is 44.2 Å². The Labute approximate surface area is 167 Å². The summed E-state index contributed by atoms with van der Waals surface area (Å²) in [6, 6.07) is 8.66. The fraction of sp³-hybridized carbons (Fsp3) is 0.591. The molecule has 1 saturated carbocycles. The number of nitrogens with zero attached hydrogens (tertiary/aromatic N) is 2. The Balaban J connectivity index is 1.69. The van der Waals surface area contributed by atoms with Crippen molar-refractivity contribution in [1.29, 1.82) is 0 Å². The van der Waals surface area contributed by atoms with Crippen LogP contribution in [0.3, 0.4) is 0 Å². The molecule has 6 heteroatoms. The number of nitrogens with one attached hydrogen (secondary N) is 1. The van der Waals surface area contributed by atoms with Gasteiger partial charge in [0.25, 0.3) is 5.91 Å². The van der Waals surface area contributed by atoms with Crippen molar-refractivity contribution in [3.63, 3.8) is 0 Å². The normalized spacial score (nSPS) is 21.2. The first-order valence-electron chi connectivity index (χ1n) is 10.3. The Hall–Kier alpha value is -2.37. The van der Waals surface area contributed by atoms with Crippen LogP contribution >= 0.6 is 0 Å². The van der Waals surface area contributed by atoms with Crippen molar-refractivity contribution < 1.29 is 14.4 Å². The van der Waals surface area contributed by atoms with Crippen LogP contribution in [-0.2, 0) is 9.59 Å². The molecule has 152 valence electrons. The molecule has 3 rings (SSSR count). The number of likely N-dealkylation sites (tertiary alicyclic amines) is 1. The summed E-state index contributed by atoms with van der Waals surface area (Å²) in [7, 11) is 3.54. The summed E-state index contributed by atoms with van der Waals surface area (Å²) in [6.45, 7) is 0.945.